The van der Waals surface area contributed by atoms with E-state index in [2.05, 4.69) is 14.6 Å². The molecule has 2 aromatic rings. The van der Waals surface area contributed by atoms with E-state index in [0.29, 0.717) is 37.0 Å². The van der Waals surface area contributed by atoms with Crippen molar-refractivity contribution in [1.82, 2.24) is 9.88 Å². The number of fused-ring (bicyclic) bond motifs is 1. The lowest BCUT2D eigenvalue weighted by Gasteiger charge is -2.49. The molecule has 0 unspecified atom stereocenters. The quantitative estimate of drug-likeness (QED) is 0.710. The van der Waals surface area contributed by atoms with E-state index in [4.69, 9.17) is 16.3 Å². The summed E-state index contributed by atoms with van der Waals surface area (Å²) in [5, 5.41) is 0.570. The van der Waals surface area contributed by atoms with Crippen LogP contribution in [0.2, 0.25) is 5.02 Å². The van der Waals surface area contributed by atoms with Crippen molar-refractivity contribution in [2.24, 2.45) is 5.41 Å². The maximum Gasteiger partial charge on any atom is 0.388 e. The van der Waals surface area contributed by atoms with Crippen molar-refractivity contribution >= 4 is 29.0 Å². The summed E-state index contributed by atoms with van der Waals surface area (Å²) in [5.74, 6) is 0.527. The Kier molecular flexibility index (Phi) is 5.00. The summed E-state index contributed by atoms with van der Waals surface area (Å²) in [6.07, 6.45) is 2.40. The van der Waals surface area contributed by atoms with Gasteiger partial charge in [-0.1, -0.05) is 11.6 Å². The lowest BCUT2D eigenvalue weighted by molar-refractivity contribution is -0.0528. The molecule has 0 bridgehead atoms. The van der Waals surface area contributed by atoms with E-state index in [-0.39, 0.29) is 17.3 Å². The van der Waals surface area contributed by atoms with Gasteiger partial charge in [-0.3, -0.25) is 4.90 Å². The van der Waals surface area contributed by atoms with Gasteiger partial charge in [-0.25, -0.2) is 9.78 Å². The minimum atomic E-state index is -2.90. The number of rotatable bonds is 3. The minimum Gasteiger partial charge on any atom is -0.489 e. The van der Waals surface area contributed by atoms with Gasteiger partial charge in [0.15, 0.2) is 0 Å². The summed E-state index contributed by atoms with van der Waals surface area (Å²) in [5.41, 5.74) is 1.54. The molecule has 164 valence electrons. The van der Waals surface area contributed by atoms with Crippen molar-refractivity contribution in [2.45, 2.75) is 13.0 Å². The van der Waals surface area contributed by atoms with Crippen molar-refractivity contribution in [3.8, 4) is 11.6 Å². The van der Waals surface area contributed by atoms with Gasteiger partial charge in [0.25, 0.3) is 0 Å². The largest absolute Gasteiger partial charge is 0.489 e. The Bertz CT molecular complexity index is 1000. The van der Waals surface area contributed by atoms with Crippen molar-refractivity contribution in [1.29, 1.82) is 0 Å². The number of alkyl halides is 2. The monoisotopic (exact) mass is 450 g/mol. The molecule has 3 aliphatic heterocycles. The van der Waals surface area contributed by atoms with Gasteiger partial charge in [0.2, 0.25) is 5.88 Å². The van der Waals surface area contributed by atoms with Crippen LogP contribution >= 0.6 is 11.6 Å². The maximum absolute atomic E-state index is 13.1. The first kappa shape index (κ1) is 20.1. The lowest BCUT2D eigenvalue weighted by Crippen LogP contribution is -2.63. The predicted molar refractivity (Wildman–Crippen MR) is 111 cm³/mol. The number of amides is 2. The third-order valence-corrected chi connectivity index (χ3v) is 6.31. The Hall–Kier alpha value is -2.81. The molecule has 31 heavy (non-hydrogen) atoms. The summed E-state index contributed by atoms with van der Waals surface area (Å²) in [4.78, 5) is 22.7. The Morgan fingerprint density at radius 1 is 1.19 bits per heavy atom. The molecular weight excluding hydrogens is 430 g/mol. The molecular formula is C21H21ClF2N4O3. The van der Waals surface area contributed by atoms with Crippen LogP contribution < -0.4 is 19.3 Å². The minimum absolute atomic E-state index is 0.0117. The van der Waals surface area contributed by atoms with E-state index < -0.39 is 6.61 Å². The summed E-state index contributed by atoms with van der Waals surface area (Å²) in [6.45, 7) is 0.884. The molecule has 0 radical (unpaired) electrons. The Morgan fingerprint density at radius 2 is 2.03 bits per heavy atom. The fraction of sp³-hybridized carbons (Fsp3) is 0.429. The molecule has 0 saturated carbocycles. The second kappa shape index (κ2) is 7.71. The average molecular weight is 451 g/mol. The molecule has 2 fully saturated rings. The molecule has 5 rings (SSSR count). The highest BCUT2D eigenvalue weighted by Crippen LogP contribution is 2.43. The molecule has 1 aromatic carbocycles. The van der Waals surface area contributed by atoms with Crippen LogP contribution in [0.25, 0.3) is 0 Å². The van der Waals surface area contributed by atoms with Gasteiger partial charge < -0.3 is 19.3 Å². The normalized spacial score (nSPS) is 19.3. The van der Waals surface area contributed by atoms with Crippen molar-refractivity contribution in [3.63, 3.8) is 0 Å². The van der Waals surface area contributed by atoms with Crippen molar-refractivity contribution in [3.05, 3.63) is 41.6 Å². The standard InChI is InChI=1S/C21H21ClF2N4O3/c22-14-1-2-16-17(9-14)30-8-7-28(16)20(29)27-12-21(13-27)4-6-26(11-21)15-3-5-25-18(10-15)31-19(23)24/h1-3,5,9-10,19H,4,6-8,11-13H2. The van der Waals surface area contributed by atoms with Crippen LogP contribution in [0.15, 0.2) is 36.5 Å². The molecule has 7 nitrogen and oxygen atoms in total. The van der Waals surface area contributed by atoms with Crippen LogP contribution in [0, 0.1) is 5.41 Å². The van der Waals surface area contributed by atoms with E-state index in [1.54, 1.807) is 23.1 Å². The number of carbonyl (C=O) groups excluding carboxylic acids is 1. The number of pyridine rings is 1. The Labute approximate surface area is 183 Å². The highest BCUT2D eigenvalue weighted by molar-refractivity contribution is 6.30. The molecule has 1 spiro atoms. The number of aromatic nitrogens is 1. The van der Waals surface area contributed by atoms with Gasteiger partial charge in [0.05, 0.1) is 12.2 Å². The van der Waals surface area contributed by atoms with Gasteiger partial charge in [-0.15, -0.1) is 0 Å². The first-order valence-electron chi connectivity index (χ1n) is 10.1. The number of benzene rings is 1. The van der Waals surface area contributed by atoms with Gasteiger partial charge in [-0.05, 0) is 24.6 Å². The third-order valence-electron chi connectivity index (χ3n) is 6.07. The van der Waals surface area contributed by atoms with E-state index in [1.165, 1.54) is 12.3 Å². The van der Waals surface area contributed by atoms with Crippen LogP contribution in [0.3, 0.4) is 0 Å². The molecule has 1 aromatic heterocycles. The van der Waals surface area contributed by atoms with E-state index in [9.17, 15) is 13.6 Å². The number of likely N-dealkylation sites (tertiary alicyclic amines) is 1. The number of carbonyl (C=O) groups is 1. The summed E-state index contributed by atoms with van der Waals surface area (Å²) < 4.78 is 35.0. The average Bonchev–Trinajstić information content (AvgIpc) is 3.17. The molecule has 0 atom stereocenters. The first-order chi connectivity index (χ1) is 14.9. The number of anilines is 2. The number of nitrogens with zero attached hydrogens (tertiary/aromatic N) is 4. The second-order valence-corrected chi connectivity index (χ2v) is 8.59. The predicted octanol–water partition coefficient (Wildman–Crippen LogP) is 3.87. The van der Waals surface area contributed by atoms with Gasteiger partial charge in [-0.2, -0.15) is 8.78 Å². The Balaban J connectivity index is 1.23. The topological polar surface area (TPSA) is 58.1 Å². The summed E-state index contributed by atoms with van der Waals surface area (Å²) in [6, 6.07) is 8.57. The van der Waals surface area contributed by atoms with E-state index >= 15 is 0 Å². The molecule has 10 heteroatoms. The van der Waals surface area contributed by atoms with Crippen LogP contribution in [0.1, 0.15) is 6.42 Å². The van der Waals surface area contributed by atoms with Crippen molar-refractivity contribution < 1.29 is 23.0 Å². The van der Waals surface area contributed by atoms with Gasteiger partial charge in [0.1, 0.15) is 12.4 Å². The summed E-state index contributed by atoms with van der Waals surface area (Å²) in [7, 11) is 0. The van der Waals surface area contributed by atoms with Crippen LogP contribution in [-0.2, 0) is 0 Å². The number of ether oxygens (including phenoxy) is 2. The molecule has 2 amide bonds. The van der Waals surface area contributed by atoms with Crippen LogP contribution in [-0.4, -0.2) is 61.9 Å². The SMILES string of the molecule is O=C(N1CC2(CCN(c3ccnc(OC(F)F)c3)C2)C1)N1CCOc2cc(Cl)ccc21. The maximum atomic E-state index is 13.1. The van der Waals surface area contributed by atoms with E-state index in [1.807, 2.05) is 11.0 Å². The highest BCUT2D eigenvalue weighted by atomic mass is 35.5. The number of hydrogen-bond acceptors (Lipinski definition) is 5. The number of urea groups is 1. The zero-order valence-electron chi connectivity index (χ0n) is 16.6. The molecule has 3 aliphatic rings. The smallest absolute Gasteiger partial charge is 0.388 e. The fourth-order valence-corrected chi connectivity index (χ4v) is 4.79. The fourth-order valence-electron chi connectivity index (χ4n) is 4.63. The second-order valence-electron chi connectivity index (χ2n) is 8.15. The molecule has 4 heterocycles. The van der Waals surface area contributed by atoms with Gasteiger partial charge in [0, 0.05) is 60.6 Å². The van der Waals surface area contributed by atoms with Crippen molar-refractivity contribution in [2.75, 3.05) is 49.1 Å². The number of halogens is 3. The molecule has 0 aliphatic carbocycles. The highest BCUT2D eigenvalue weighted by Gasteiger charge is 2.50. The van der Waals surface area contributed by atoms with E-state index in [0.717, 1.165) is 30.9 Å². The van der Waals surface area contributed by atoms with Gasteiger partial charge >= 0.3 is 12.6 Å². The summed E-state index contributed by atoms with van der Waals surface area (Å²) >= 11 is 6.04. The zero-order chi connectivity index (χ0) is 21.6. The lowest BCUT2D eigenvalue weighted by atomic mass is 9.79. The Morgan fingerprint density at radius 3 is 2.84 bits per heavy atom. The third kappa shape index (κ3) is 3.82. The molecule has 0 N–H and O–H groups in total. The number of hydrogen-bond donors (Lipinski definition) is 0. The van der Waals surface area contributed by atoms with Crippen LogP contribution in [0.5, 0.6) is 11.6 Å². The first-order valence-corrected chi connectivity index (χ1v) is 10.4. The molecule has 2 saturated heterocycles. The zero-order valence-corrected chi connectivity index (χ0v) is 17.4. The van der Waals surface area contributed by atoms with Crippen LogP contribution in [0.4, 0.5) is 25.0 Å².